The first-order chi connectivity index (χ1) is 4.70. The van der Waals surface area contributed by atoms with Gasteiger partial charge in [-0.15, -0.1) is 0 Å². The van der Waals surface area contributed by atoms with Gasteiger partial charge in [-0.1, -0.05) is 24.3 Å². The van der Waals surface area contributed by atoms with E-state index in [0.29, 0.717) is 12.8 Å². The summed E-state index contributed by atoms with van der Waals surface area (Å²) < 4.78 is 0. The molecule has 0 heterocycles. The van der Waals surface area contributed by atoms with Gasteiger partial charge in [0, 0.05) is 6.42 Å². The molecule has 0 spiro atoms. The number of carbonyl (C=O) groups is 1. The van der Waals surface area contributed by atoms with E-state index in [1.54, 1.807) is 6.08 Å². The third-order valence-electron chi connectivity index (χ3n) is 1.24. The van der Waals surface area contributed by atoms with Crippen LogP contribution in [0.25, 0.3) is 0 Å². The highest BCUT2D eigenvalue weighted by molar-refractivity contribution is 6.63. The highest BCUT2D eigenvalue weighted by Gasteiger charge is 1.96. The molecule has 56 valence electrons. The zero-order chi connectivity index (χ0) is 7.98. The van der Waals surface area contributed by atoms with Crippen LogP contribution >= 0.6 is 11.6 Å². The molecule has 0 rings (SSSR count). The predicted molar refractivity (Wildman–Crippen MR) is 44.0 cm³/mol. The second-order valence-electron chi connectivity index (χ2n) is 1.92. The highest BCUT2D eigenvalue weighted by atomic mass is 35.5. The normalized spacial score (nSPS) is 11.2. The Balaban J connectivity index is 3.66. The van der Waals surface area contributed by atoms with Gasteiger partial charge >= 0.3 is 0 Å². The van der Waals surface area contributed by atoms with Crippen molar-refractivity contribution in [2.24, 2.45) is 0 Å². The molecule has 2 heteroatoms. The van der Waals surface area contributed by atoms with E-state index in [-0.39, 0.29) is 5.24 Å². The Morgan fingerprint density at radius 3 is 2.50 bits per heavy atom. The number of rotatable bonds is 4. The van der Waals surface area contributed by atoms with Crippen LogP contribution in [0.4, 0.5) is 0 Å². The van der Waals surface area contributed by atoms with Gasteiger partial charge in [-0.25, -0.2) is 0 Å². The monoisotopic (exact) mass is 158 g/mol. The summed E-state index contributed by atoms with van der Waals surface area (Å²) in [6.45, 7) is 5.50. The van der Waals surface area contributed by atoms with Gasteiger partial charge in [-0.05, 0) is 24.9 Å². The molecule has 0 aliphatic heterocycles. The molecule has 0 radical (unpaired) electrons. The zero-order valence-electron chi connectivity index (χ0n) is 6.06. The van der Waals surface area contributed by atoms with Crippen LogP contribution in [-0.4, -0.2) is 5.24 Å². The van der Waals surface area contributed by atoms with Gasteiger partial charge in [0.2, 0.25) is 5.24 Å². The first-order valence-electron chi connectivity index (χ1n) is 3.16. The minimum Gasteiger partial charge on any atom is -0.281 e. The molecule has 0 saturated carbocycles. The van der Waals surface area contributed by atoms with Gasteiger partial charge in [0.15, 0.2) is 0 Å². The SMILES string of the molecule is C=C/C(=C\C)CCC(=O)Cl. The standard InChI is InChI=1S/C8H11ClO/c1-3-7(4-2)5-6-8(9)10/h3-4H,1,5-6H2,2H3/b7-4+. The van der Waals surface area contributed by atoms with E-state index in [0.717, 1.165) is 5.57 Å². The topological polar surface area (TPSA) is 17.1 Å². The molecule has 0 aliphatic rings. The fraction of sp³-hybridized carbons (Fsp3) is 0.375. The summed E-state index contributed by atoms with van der Waals surface area (Å²) >= 11 is 5.14. The molecule has 10 heavy (non-hydrogen) atoms. The first-order valence-corrected chi connectivity index (χ1v) is 3.54. The summed E-state index contributed by atoms with van der Waals surface area (Å²) in [6.07, 6.45) is 4.75. The Bertz CT molecular complexity index is 159. The average molecular weight is 159 g/mol. The number of halogens is 1. The van der Waals surface area contributed by atoms with E-state index in [4.69, 9.17) is 11.6 Å². The van der Waals surface area contributed by atoms with Crippen molar-refractivity contribution in [3.05, 3.63) is 24.3 Å². The van der Waals surface area contributed by atoms with Crippen LogP contribution in [0.3, 0.4) is 0 Å². The van der Waals surface area contributed by atoms with Crippen molar-refractivity contribution in [2.75, 3.05) is 0 Å². The summed E-state index contributed by atoms with van der Waals surface area (Å²) in [4.78, 5) is 10.3. The van der Waals surface area contributed by atoms with E-state index in [2.05, 4.69) is 6.58 Å². The van der Waals surface area contributed by atoms with Crippen molar-refractivity contribution in [3.63, 3.8) is 0 Å². The van der Waals surface area contributed by atoms with Crippen molar-refractivity contribution in [3.8, 4) is 0 Å². The minimum atomic E-state index is -0.291. The van der Waals surface area contributed by atoms with Crippen molar-refractivity contribution < 1.29 is 4.79 Å². The van der Waals surface area contributed by atoms with Crippen molar-refractivity contribution in [2.45, 2.75) is 19.8 Å². The van der Waals surface area contributed by atoms with E-state index < -0.39 is 0 Å². The van der Waals surface area contributed by atoms with E-state index in [9.17, 15) is 4.79 Å². The lowest BCUT2D eigenvalue weighted by atomic mass is 10.1. The Morgan fingerprint density at radius 1 is 1.60 bits per heavy atom. The number of hydrogen-bond acceptors (Lipinski definition) is 1. The second-order valence-corrected chi connectivity index (χ2v) is 2.34. The van der Waals surface area contributed by atoms with Crippen LogP contribution in [0.1, 0.15) is 19.8 Å². The lowest BCUT2D eigenvalue weighted by Crippen LogP contribution is -1.86. The lowest BCUT2D eigenvalue weighted by Gasteiger charge is -1.95. The van der Waals surface area contributed by atoms with Gasteiger partial charge in [-0.3, -0.25) is 4.79 Å². The van der Waals surface area contributed by atoms with Gasteiger partial charge in [-0.2, -0.15) is 0 Å². The molecule has 0 amide bonds. The molecule has 0 aliphatic carbocycles. The Hall–Kier alpha value is -0.560. The Labute approximate surface area is 66.4 Å². The van der Waals surface area contributed by atoms with Gasteiger partial charge in [0.05, 0.1) is 0 Å². The van der Waals surface area contributed by atoms with Crippen molar-refractivity contribution in [1.82, 2.24) is 0 Å². The van der Waals surface area contributed by atoms with Crippen LogP contribution in [-0.2, 0) is 4.79 Å². The fourth-order valence-electron chi connectivity index (χ4n) is 0.607. The molecule has 0 aromatic carbocycles. The maximum Gasteiger partial charge on any atom is 0.221 e. The van der Waals surface area contributed by atoms with E-state index >= 15 is 0 Å². The molecule has 0 N–H and O–H groups in total. The quantitative estimate of drug-likeness (QED) is 0.454. The molecular weight excluding hydrogens is 148 g/mol. The zero-order valence-corrected chi connectivity index (χ0v) is 6.82. The third kappa shape index (κ3) is 4.33. The summed E-state index contributed by atoms with van der Waals surface area (Å²) in [5.74, 6) is 0. The maximum absolute atomic E-state index is 10.3. The Kier molecular flexibility index (Phi) is 4.95. The van der Waals surface area contributed by atoms with E-state index in [1.165, 1.54) is 0 Å². The smallest absolute Gasteiger partial charge is 0.221 e. The van der Waals surface area contributed by atoms with Crippen molar-refractivity contribution >= 4 is 16.8 Å². The average Bonchev–Trinajstić information content (AvgIpc) is 1.90. The highest BCUT2D eigenvalue weighted by Crippen LogP contribution is 2.06. The van der Waals surface area contributed by atoms with Crippen LogP contribution in [0.15, 0.2) is 24.3 Å². The molecule has 0 fully saturated rings. The molecule has 0 saturated heterocycles. The molecule has 0 aromatic heterocycles. The van der Waals surface area contributed by atoms with Crippen LogP contribution in [0, 0.1) is 0 Å². The number of carbonyl (C=O) groups excluding carboxylic acids is 1. The fourth-order valence-corrected chi connectivity index (χ4v) is 0.701. The molecule has 0 bridgehead atoms. The molecule has 0 aromatic rings. The Morgan fingerprint density at radius 2 is 2.20 bits per heavy atom. The molecule has 0 atom stereocenters. The van der Waals surface area contributed by atoms with Crippen molar-refractivity contribution in [1.29, 1.82) is 0 Å². The summed E-state index contributed by atoms with van der Waals surface area (Å²) in [7, 11) is 0. The molecule has 0 unspecified atom stereocenters. The van der Waals surface area contributed by atoms with E-state index in [1.807, 2.05) is 13.0 Å². The number of hydrogen-bond donors (Lipinski definition) is 0. The van der Waals surface area contributed by atoms with Gasteiger partial charge < -0.3 is 0 Å². The maximum atomic E-state index is 10.3. The first kappa shape index (κ1) is 9.44. The van der Waals surface area contributed by atoms with Crippen LogP contribution in [0.5, 0.6) is 0 Å². The lowest BCUT2D eigenvalue weighted by molar-refractivity contribution is -0.111. The molecular formula is C8H11ClO. The third-order valence-corrected chi connectivity index (χ3v) is 1.43. The van der Waals surface area contributed by atoms with Gasteiger partial charge in [0.1, 0.15) is 0 Å². The molecule has 1 nitrogen and oxygen atoms in total. The minimum absolute atomic E-state index is 0.291. The summed E-state index contributed by atoms with van der Waals surface area (Å²) in [5, 5.41) is -0.291. The predicted octanol–water partition coefficient (Wildman–Crippen LogP) is 2.66. The van der Waals surface area contributed by atoms with Gasteiger partial charge in [0.25, 0.3) is 0 Å². The number of allylic oxidation sites excluding steroid dienone is 3. The van der Waals surface area contributed by atoms with Crippen LogP contribution in [0.2, 0.25) is 0 Å². The van der Waals surface area contributed by atoms with Crippen LogP contribution < -0.4 is 0 Å². The largest absolute Gasteiger partial charge is 0.281 e. The summed E-state index contributed by atoms with van der Waals surface area (Å²) in [6, 6.07) is 0. The summed E-state index contributed by atoms with van der Waals surface area (Å²) in [5.41, 5.74) is 1.06. The second kappa shape index (κ2) is 5.24.